The number of aromatic hydroxyl groups is 1. The monoisotopic (exact) mass is 527 g/mol. The van der Waals surface area contributed by atoms with Gasteiger partial charge in [-0.15, -0.1) is 0 Å². The Morgan fingerprint density at radius 2 is 2.05 bits per heavy atom. The van der Waals surface area contributed by atoms with Gasteiger partial charge in [-0.05, 0) is 75.0 Å². The molecular weight excluding hydrogens is 519 g/mol. The zero-order chi connectivity index (χ0) is 15.4. The Hall–Kier alpha value is -0.940. The van der Waals surface area contributed by atoms with E-state index in [1.807, 2.05) is 45.2 Å². The molecule has 0 aliphatic heterocycles. The fourth-order valence-corrected chi connectivity index (χ4v) is 3.46. The second-order valence-corrected chi connectivity index (χ2v) is 6.56. The Morgan fingerprint density at radius 1 is 1.38 bits per heavy atom. The number of benzene rings is 1. The van der Waals surface area contributed by atoms with Crippen LogP contribution in [0.5, 0.6) is 5.75 Å². The lowest BCUT2D eigenvalue weighted by Gasteiger charge is -2.03. The number of hydrazone groups is 1. The van der Waals surface area contributed by atoms with E-state index in [4.69, 9.17) is 11.6 Å². The molecular formula is C13H8ClI2N3O2. The molecule has 2 aromatic rings. The van der Waals surface area contributed by atoms with Gasteiger partial charge in [0.2, 0.25) is 0 Å². The van der Waals surface area contributed by atoms with Crippen molar-refractivity contribution in [3.8, 4) is 5.75 Å². The molecule has 2 rings (SSSR count). The van der Waals surface area contributed by atoms with Crippen molar-refractivity contribution in [3.05, 3.63) is 53.9 Å². The fraction of sp³-hybridized carbons (Fsp3) is 0. The van der Waals surface area contributed by atoms with Crippen LogP contribution in [0.4, 0.5) is 0 Å². The smallest absolute Gasteiger partial charge is 0.274 e. The maximum Gasteiger partial charge on any atom is 0.274 e. The second-order valence-electron chi connectivity index (χ2n) is 3.87. The lowest BCUT2D eigenvalue weighted by atomic mass is 10.2. The van der Waals surface area contributed by atoms with E-state index in [1.165, 1.54) is 12.4 Å². The Kier molecular flexibility index (Phi) is 5.76. The van der Waals surface area contributed by atoms with Gasteiger partial charge in [-0.2, -0.15) is 5.10 Å². The maximum atomic E-state index is 11.9. The predicted octanol–water partition coefficient (Wildman–Crippen LogP) is 3.41. The first-order valence-electron chi connectivity index (χ1n) is 5.61. The topological polar surface area (TPSA) is 74.6 Å². The highest BCUT2D eigenvalue weighted by Gasteiger charge is 2.09. The molecule has 0 saturated heterocycles. The zero-order valence-corrected chi connectivity index (χ0v) is 15.4. The van der Waals surface area contributed by atoms with Gasteiger partial charge in [0.15, 0.2) is 0 Å². The van der Waals surface area contributed by atoms with Crippen LogP contribution in [0.1, 0.15) is 15.9 Å². The summed E-state index contributed by atoms with van der Waals surface area (Å²) in [6, 6.07) is 6.69. The lowest BCUT2D eigenvalue weighted by molar-refractivity contribution is 0.0955. The van der Waals surface area contributed by atoms with Gasteiger partial charge in [-0.25, -0.2) is 10.4 Å². The minimum Gasteiger partial charge on any atom is -0.506 e. The minimum atomic E-state index is -0.437. The van der Waals surface area contributed by atoms with Crippen molar-refractivity contribution in [3.63, 3.8) is 0 Å². The molecule has 0 aliphatic carbocycles. The molecule has 1 amide bonds. The van der Waals surface area contributed by atoms with E-state index in [0.717, 1.165) is 5.56 Å². The third kappa shape index (κ3) is 4.27. The number of carbonyl (C=O) groups is 1. The first-order valence-corrected chi connectivity index (χ1v) is 8.14. The highest BCUT2D eigenvalue weighted by Crippen LogP contribution is 2.26. The predicted molar refractivity (Wildman–Crippen MR) is 97.8 cm³/mol. The van der Waals surface area contributed by atoms with E-state index in [1.54, 1.807) is 24.3 Å². The molecule has 108 valence electrons. The Balaban J connectivity index is 2.10. The number of phenols is 1. The number of carbonyl (C=O) groups excluding carboxylic acids is 1. The third-order valence-electron chi connectivity index (χ3n) is 2.42. The summed E-state index contributed by atoms with van der Waals surface area (Å²) >= 11 is 9.87. The molecule has 8 heteroatoms. The normalized spacial score (nSPS) is 10.8. The van der Waals surface area contributed by atoms with Crippen molar-refractivity contribution >= 4 is 68.9 Å². The SMILES string of the molecule is O=C(N/N=C/c1cc(I)c(O)c(I)c1)c1cccnc1Cl. The van der Waals surface area contributed by atoms with Gasteiger partial charge in [0.05, 0.1) is 18.9 Å². The van der Waals surface area contributed by atoms with E-state index in [9.17, 15) is 9.90 Å². The summed E-state index contributed by atoms with van der Waals surface area (Å²) in [6.07, 6.45) is 2.99. The average molecular weight is 527 g/mol. The number of halogens is 3. The number of amides is 1. The molecule has 2 N–H and O–H groups in total. The minimum absolute atomic E-state index is 0.124. The molecule has 1 heterocycles. The van der Waals surface area contributed by atoms with E-state index in [2.05, 4.69) is 15.5 Å². The van der Waals surface area contributed by atoms with Crippen LogP contribution in [0, 0.1) is 7.14 Å². The van der Waals surface area contributed by atoms with Crippen molar-refractivity contribution in [2.24, 2.45) is 5.10 Å². The molecule has 0 radical (unpaired) electrons. The summed E-state index contributed by atoms with van der Waals surface area (Å²) < 4.78 is 1.42. The fourth-order valence-electron chi connectivity index (χ4n) is 1.44. The Labute approximate surface area is 153 Å². The number of aromatic nitrogens is 1. The van der Waals surface area contributed by atoms with Crippen molar-refractivity contribution in [1.29, 1.82) is 0 Å². The van der Waals surface area contributed by atoms with Crippen LogP contribution in [-0.4, -0.2) is 22.2 Å². The molecule has 0 saturated carbocycles. The maximum absolute atomic E-state index is 11.9. The molecule has 1 aromatic heterocycles. The number of pyridine rings is 1. The van der Waals surface area contributed by atoms with Crippen molar-refractivity contribution in [1.82, 2.24) is 10.4 Å². The van der Waals surface area contributed by atoms with Crippen LogP contribution in [0.3, 0.4) is 0 Å². The summed E-state index contributed by atoms with van der Waals surface area (Å²) in [4.78, 5) is 15.7. The summed E-state index contributed by atoms with van der Waals surface area (Å²) in [5, 5.41) is 13.7. The molecule has 21 heavy (non-hydrogen) atoms. The van der Waals surface area contributed by atoms with E-state index in [0.29, 0.717) is 7.14 Å². The molecule has 1 aromatic carbocycles. The number of rotatable bonds is 3. The van der Waals surface area contributed by atoms with Crippen molar-refractivity contribution in [2.75, 3.05) is 0 Å². The first-order chi connectivity index (χ1) is 9.99. The van der Waals surface area contributed by atoms with Crippen LogP contribution in [0.25, 0.3) is 0 Å². The number of hydrogen-bond donors (Lipinski definition) is 2. The van der Waals surface area contributed by atoms with Crippen LogP contribution in [0.15, 0.2) is 35.6 Å². The summed E-state index contributed by atoms with van der Waals surface area (Å²) in [5.74, 6) is -0.202. The lowest BCUT2D eigenvalue weighted by Crippen LogP contribution is -2.18. The Morgan fingerprint density at radius 3 is 2.67 bits per heavy atom. The number of nitrogens with one attached hydrogen (secondary N) is 1. The number of nitrogens with zero attached hydrogens (tertiary/aromatic N) is 2. The molecule has 0 bridgehead atoms. The quantitative estimate of drug-likeness (QED) is 0.278. The van der Waals surface area contributed by atoms with Gasteiger partial charge in [0.1, 0.15) is 10.9 Å². The van der Waals surface area contributed by atoms with Gasteiger partial charge in [0.25, 0.3) is 5.91 Å². The summed E-state index contributed by atoms with van der Waals surface area (Å²) in [5.41, 5.74) is 3.40. The number of phenolic OH excluding ortho intramolecular Hbond substituents is 1. The van der Waals surface area contributed by atoms with Gasteiger partial charge in [-0.3, -0.25) is 4.79 Å². The largest absolute Gasteiger partial charge is 0.506 e. The average Bonchev–Trinajstić information content (AvgIpc) is 2.45. The highest BCUT2D eigenvalue weighted by molar-refractivity contribution is 14.1. The molecule has 5 nitrogen and oxygen atoms in total. The molecule has 0 unspecified atom stereocenters. The number of hydrogen-bond acceptors (Lipinski definition) is 4. The van der Waals surface area contributed by atoms with Crippen LogP contribution in [0.2, 0.25) is 5.15 Å². The van der Waals surface area contributed by atoms with Gasteiger partial charge < -0.3 is 5.11 Å². The van der Waals surface area contributed by atoms with Gasteiger partial charge in [-0.1, -0.05) is 11.6 Å². The van der Waals surface area contributed by atoms with Crippen LogP contribution >= 0.6 is 56.8 Å². The Bertz CT molecular complexity index is 699. The molecule has 0 spiro atoms. The zero-order valence-electron chi connectivity index (χ0n) is 10.3. The van der Waals surface area contributed by atoms with Crippen molar-refractivity contribution < 1.29 is 9.90 Å². The van der Waals surface area contributed by atoms with Gasteiger partial charge in [0, 0.05) is 6.20 Å². The van der Waals surface area contributed by atoms with E-state index in [-0.39, 0.29) is 16.5 Å². The molecule has 0 fully saturated rings. The third-order valence-corrected chi connectivity index (χ3v) is 4.37. The molecule has 0 aliphatic rings. The summed E-state index contributed by atoms with van der Waals surface area (Å²) in [6.45, 7) is 0. The van der Waals surface area contributed by atoms with E-state index < -0.39 is 5.91 Å². The standard InChI is InChI=1S/C13H8ClI2N3O2/c14-12-8(2-1-3-17-12)13(21)19-18-6-7-4-9(15)11(20)10(16)5-7/h1-6,20H,(H,19,21)/b18-6+. The highest BCUT2D eigenvalue weighted by atomic mass is 127. The summed E-state index contributed by atoms with van der Waals surface area (Å²) in [7, 11) is 0. The van der Waals surface area contributed by atoms with Gasteiger partial charge >= 0.3 is 0 Å². The van der Waals surface area contributed by atoms with Crippen molar-refractivity contribution in [2.45, 2.75) is 0 Å². The second kappa shape index (κ2) is 7.36. The van der Waals surface area contributed by atoms with Crippen LogP contribution in [-0.2, 0) is 0 Å². The van der Waals surface area contributed by atoms with Crippen LogP contribution < -0.4 is 5.43 Å². The van der Waals surface area contributed by atoms with E-state index >= 15 is 0 Å². The first kappa shape index (κ1) is 16.4. The molecule has 0 atom stereocenters.